The standard InChI is InChI=1S/C43H62N7O21P3S/c1-23(10-12-26-33(53)31-27(18-66-42(31)57)25(3)35(26)65-6)8-7-9-24(2)11-13-30(52)75-17-16-45-29(51)14-15-46-40(56)37(55)43(4,5)20-68-74(63,64)71-73(61,62)67-19-28-36(70-72(58,59)60)34(54)41(69-28)50-22-49-32-38(44)47-21-48-39(32)50/h9-10,21-22,28,34,36-37,41,53-55H,7-8,11-20H2,1-6H3,(H,45,51)(H,46,56)(H,61,62)(H,63,64)(H2,44,47,48)(H2,58,59,60)/b23-10+,24-9+/t28-,34-,36-,37+,41-/m1/s1. The topological polar surface area (TPSA) is 419 Å². The molecule has 2 unspecified atom stereocenters. The summed E-state index contributed by atoms with van der Waals surface area (Å²) in [6, 6.07) is 0. The number of nitrogen functional groups attached to an aromatic ring is 1. The number of phenols is 1. The van der Waals surface area contributed by atoms with Gasteiger partial charge in [0.25, 0.3) is 0 Å². The van der Waals surface area contributed by atoms with Gasteiger partial charge >= 0.3 is 29.4 Å². The fourth-order valence-electron chi connectivity index (χ4n) is 7.72. The number of phosphoric acid groups is 3. The number of aromatic nitrogens is 4. The molecule has 1 fully saturated rings. The number of esters is 1. The largest absolute Gasteiger partial charge is 0.507 e. The number of aliphatic hydroxyl groups is 2. The number of ether oxygens (including phenoxy) is 3. The lowest BCUT2D eigenvalue weighted by Crippen LogP contribution is -2.46. The van der Waals surface area contributed by atoms with Gasteiger partial charge in [-0.05, 0) is 52.0 Å². The first-order valence-electron chi connectivity index (χ1n) is 23.0. The van der Waals surface area contributed by atoms with Crippen LogP contribution in [0, 0.1) is 12.3 Å². The van der Waals surface area contributed by atoms with E-state index in [4.69, 9.17) is 29.0 Å². The first-order valence-corrected chi connectivity index (χ1v) is 28.5. The van der Waals surface area contributed by atoms with Gasteiger partial charge in [-0.3, -0.25) is 32.5 Å². The van der Waals surface area contributed by atoms with E-state index in [1.165, 1.54) is 21.0 Å². The number of phosphoric ester groups is 3. The minimum absolute atomic E-state index is 0.0210. The number of carbonyl (C=O) groups is 4. The molecule has 28 nitrogen and oxygen atoms in total. The van der Waals surface area contributed by atoms with Crippen LogP contribution in [-0.4, -0.2) is 141 Å². The summed E-state index contributed by atoms with van der Waals surface area (Å²) in [6.45, 7) is 6.19. The second kappa shape index (κ2) is 26.1. The Bertz CT molecular complexity index is 2810. The molecule has 32 heteroatoms. The Morgan fingerprint density at radius 2 is 1.69 bits per heavy atom. The zero-order valence-electron chi connectivity index (χ0n) is 41.6. The molecule has 2 aromatic heterocycles. The average molecular weight is 1140 g/mol. The summed E-state index contributed by atoms with van der Waals surface area (Å²) in [5.41, 5.74) is 8.42. The molecule has 1 aromatic carbocycles. The Kier molecular flexibility index (Phi) is 21.3. The minimum atomic E-state index is -5.60. The van der Waals surface area contributed by atoms with Crippen LogP contribution in [0.1, 0.15) is 93.1 Å². The predicted molar refractivity (Wildman–Crippen MR) is 265 cm³/mol. The lowest BCUT2D eigenvalue weighted by Gasteiger charge is -2.30. The summed E-state index contributed by atoms with van der Waals surface area (Å²) in [6.07, 6.45) is -0.362. The zero-order valence-corrected chi connectivity index (χ0v) is 45.1. The number of hydrogen-bond acceptors (Lipinski definition) is 22. The van der Waals surface area contributed by atoms with E-state index >= 15 is 0 Å². The van der Waals surface area contributed by atoms with Gasteiger partial charge in [0.15, 0.2) is 22.8 Å². The van der Waals surface area contributed by atoms with E-state index in [2.05, 4.69) is 40.5 Å². The van der Waals surface area contributed by atoms with Gasteiger partial charge in [-0.2, -0.15) is 4.31 Å². The zero-order chi connectivity index (χ0) is 55.6. The van der Waals surface area contributed by atoms with Crippen molar-refractivity contribution in [1.82, 2.24) is 30.2 Å². The normalized spacial score (nSPS) is 20.3. The Morgan fingerprint density at radius 3 is 2.39 bits per heavy atom. The van der Waals surface area contributed by atoms with Crippen molar-refractivity contribution in [2.45, 2.75) is 110 Å². The Labute approximate surface area is 434 Å². The number of benzene rings is 1. The molecule has 0 spiro atoms. The molecule has 3 aromatic rings. The van der Waals surface area contributed by atoms with Crippen molar-refractivity contribution in [3.8, 4) is 11.5 Å². The molecule has 2 amide bonds. The summed E-state index contributed by atoms with van der Waals surface area (Å²) < 4.78 is 73.2. The minimum Gasteiger partial charge on any atom is -0.507 e. The number of cyclic esters (lactones) is 1. The third kappa shape index (κ3) is 16.9. The molecule has 2 aliphatic rings. The summed E-state index contributed by atoms with van der Waals surface area (Å²) in [4.78, 5) is 101. The van der Waals surface area contributed by atoms with Gasteiger partial charge in [0.1, 0.15) is 59.9 Å². The van der Waals surface area contributed by atoms with Gasteiger partial charge in [0.2, 0.25) is 11.8 Å². The second-order valence-corrected chi connectivity index (χ2v) is 23.4. The van der Waals surface area contributed by atoms with E-state index in [0.29, 0.717) is 35.5 Å². The van der Waals surface area contributed by atoms with Crippen LogP contribution in [0.2, 0.25) is 0 Å². The summed E-state index contributed by atoms with van der Waals surface area (Å²) in [7, 11) is -15.0. The molecule has 5 rings (SSSR count). The van der Waals surface area contributed by atoms with Crippen molar-refractivity contribution in [1.29, 1.82) is 0 Å². The van der Waals surface area contributed by atoms with Crippen LogP contribution in [0.5, 0.6) is 11.5 Å². The number of nitrogens with two attached hydrogens (primary N) is 1. The smallest absolute Gasteiger partial charge is 0.481 e. The molecule has 7 atom stereocenters. The number of rotatable bonds is 28. The number of thioether (sulfide) groups is 1. The number of methoxy groups -OCH3 is 1. The van der Waals surface area contributed by atoms with Crippen LogP contribution in [0.25, 0.3) is 11.2 Å². The molecule has 0 aliphatic carbocycles. The first kappa shape index (κ1) is 61.2. The number of allylic oxidation sites excluding steroid dienone is 4. The number of aromatic hydroxyl groups is 1. The quantitative estimate of drug-likeness (QED) is 0.0216. The highest BCUT2D eigenvalue weighted by molar-refractivity contribution is 8.13. The van der Waals surface area contributed by atoms with Crippen LogP contribution in [0.15, 0.2) is 36.0 Å². The molecule has 11 N–H and O–H groups in total. The molecule has 0 radical (unpaired) electrons. The lowest BCUT2D eigenvalue weighted by molar-refractivity contribution is -0.137. The van der Waals surface area contributed by atoms with E-state index in [1.54, 1.807) is 0 Å². The highest BCUT2D eigenvalue weighted by Gasteiger charge is 2.50. The number of phenolic OH excluding ortho intramolecular Hbond substituents is 1. The van der Waals surface area contributed by atoms with E-state index in [1.807, 2.05) is 26.8 Å². The average Bonchev–Trinajstić information content (AvgIpc) is 4.03. The van der Waals surface area contributed by atoms with Crippen molar-refractivity contribution < 1.29 is 99.9 Å². The maximum absolute atomic E-state index is 12.8. The van der Waals surface area contributed by atoms with Crippen LogP contribution >= 0.6 is 35.2 Å². The third-order valence-corrected chi connectivity index (χ3v) is 15.9. The monoisotopic (exact) mass is 1140 g/mol. The number of nitrogens with one attached hydrogen (secondary N) is 2. The van der Waals surface area contributed by atoms with Crippen molar-refractivity contribution in [3.63, 3.8) is 0 Å². The molecule has 0 bridgehead atoms. The molecule has 2 aliphatic heterocycles. The number of imidazole rings is 1. The second-order valence-electron chi connectivity index (χ2n) is 18.0. The van der Waals surface area contributed by atoms with E-state index < -0.39 is 90.5 Å². The van der Waals surface area contributed by atoms with Crippen molar-refractivity contribution in [2.75, 3.05) is 44.9 Å². The number of aliphatic hydroxyl groups excluding tert-OH is 2. The third-order valence-electron chi connectivity index (χ3n) is 11.8. The SMILES string of the molecule is COc1c(C)c2c(c(O)c1C/C=C(\C)CC/C=C(\C)CCC(=O)SCCNC(=O)CCNC(=O)[C@H](O)C(C)(C)COP(=O)(O)OP(=O)(O)OC[C@H]1O[C@@H](n3cnc4c(N)ncnc43)[C@H](O)[C@@H]1OP(=O)(O)O)C(=O)OC2. The van der Waals surface area contributed by atoms with Gasteiger partial charge in [0, 0.05) is 48.2 Å². The fraction of sp³-hybridized carbons (Fsp3) is 0.558. The molecular weight excluding hydrogens is 1080 g/mol. The van der Waals surface area contributed by atoms with Gasteiger partial charge in [-0.1, -0.05) is 48.9 Å². The van der Waals surface area contributed by atoms with Crippen LogP contribution in [-0.2, 0) is 68.5 Å². The Hall–Kier alpha value is -4.67. The van der Waals surface area contributed by atoms with Gasteiger partial charge in [-0.15, -0.1) is 0 Å². The Balaban J connectivity index is 0.961. The van der Waals surface area contributed by atoms with Crippen molar-refractivity contribution >= 4 is 75.1 Å². The van der Waals surface area contributed by atoms with Crippen molar-refractivity contribution in [3.05, 3.63) is 58.2 Å². The number of anilines is 1. The van der Waals surface area contributed by atoms with E-state index in [9.17, 15) is 67.8 Å². The predicted octanol–water partition coefficient (Wildman–Crippen LogP) is 3.05. The number of amides is 2. The summed E-state index contributed by atoms with van der Waals surface area (Å²) in [5.74, 6) is -1.38. The number of hydrogen-bond donors (Lipinski definition) is 10. The number of fused-ring (bicyclic) bond motifs is 2. The highest BCUT2D eigenvalue weighted by atomic mass is 32.2. The molecular formula is C43H62N7O21P3S. The van der Waals surface area contributed by atoms with Crippen molar-refractivity contribution in [2.24, 2.45) is 5.41 Å². The van der Waals surface area contributed by atoms with Crippen LogP contribution in [0.3, 0.4) is 0 Å². The first-order chi connectivity index (χ1) is 35.0. The summed E-state index contributed by atoms with van der Waals surface area (Å²) >= 11 is 1.06. The summed E-state index contributed by atoms with van der Waals surface area (Å²) in [5, 5.41) is 37.4. The maximum Gasteiger partial charge on any atom is 0.481 e. The Morgan fingerprint density at radius 1 is 1.00 bits per heavy atom. The van der Waals surface area contributed by atoms with Gasteiger partial charge in [0.05, 0.1) is 26.7 Å². The van der Waals surface area contributed by atoms with E-state index in [-0.39, 0.29) is 65.9 Å². The fourth-order valence-corrected chi connectivity index (χ4v) is 11.2. The van der Waals surface area contributed by atoms with Gasteiger partial charge in [-0.25, -0.2) is 33.4 Å². The number of carbonyl (C=O) groups excluding carboxylic acids is 4. The van der Waals surface area contributed by atoms with Crippen LogP contribution < -0.4 is 21.1 Å². The number of nitrogens with zero attached hydrogens (tertiary/aromatic N) is 4. The highest BCUT2D eigenvalue weighted by Crippen LogP contribution is 2.61. The molecule has 4 heterocycles. The maximum atomic E-state index is 12.8. The molecule has 75 heavy (non-hydrogen) atoms. The molecule has 416 valence electrons. The van der Waals surface area contributed by atoms with Gasteiger partial charge < -0.3 is 65.5 Å². The lowest BCUT2D eigenvalue weighted by atomic mass is 9.87. The molecule has 0 saturated carbocycles. The van der Waals surface area contributed by atoms with E-state index in [0.717, 1.165) is 58.5 Å². The van der Waals surface area contributed by atoms with Crippen LogP contribution in [0.4, 0.5) is 5.82 Å². The molecule has 1 saturated heterocycles.